The van der Waals surface area contributed by atoms with Crippen molar-refractivity contribution >= 4 is 17.2 Å². The fourth-order valence-electron chi connectivity index (χ4n) is 3.95. The van der Waals surface area contributed by atoms with Crippen LogP contribution in [0.15, 0.2) is 16.7 Å². The van der Waals surface area contributed by atoms with Crippen LogP contribution in [0, 0.1) is 6.92 Å². The lowest BCUT2D eigenvalue weighted by Gasteiger charge is -2.22. The number of hydrogen-bond donors (Lipinski definition) is 0. The Hall–Kier alpha value is -1.62. The minimum atomic E-state index is 0.0691. The summed E-state index contributed by atoms with van der Waals surface area (Å²) in [6.07, 6.45) is 9.42. The molecule has 0 unspecified atom stereocenters. The van der Waals surface area contributed by atoms with Crippen molar-refractivity contribution in [3.05, 3.63) is 38.9 Å². The van der Waals surface area contributed by atoms with E-state index in [1.54, 1.807) is 11.3 Å². The summed E-state index contributed by atoms with van der Waals surface area (Å²) in [7, 11) is 0. The molecule has 2 aromatic rings. The number of amides is 1. The molecule has 0 N–H and O–H groups in total. The van der Waals surface area contributed by atoms with Crippen LogP contribution in [0.25, 0.3) is 0 Å². The van der Waals surface area contributed by atoms with Gasteiger partial charge in [0.2, 0.25) is 0 Å². The quantitative estimate of drug-likeness (QED) is 0.794. The van der Waals surface area contributed by atoms with E-state index >= 15 is 0 Å². The molecule has 4 nitrogen and oxygen atoms in total. The molecular formula is C19H24N2O2S. The Morgan fingerprint density at radius 1 is 1.21 bits per heavy atom. The molecule has 1 atom stereocenters. The van der Waals surface area contributed by atoms with Gasteiger partial charge in [0.05, 0.1) is 10.9 Å². The topological polar surface area (TPSA) is 46.3 Å². The highest BCUT2D eigenvalue weighted by molar-refractivity contribution is 7.14. The van der Waals surface area contributed by atoms with E-state index in [9.17, 15) is 4.79 Å². The van der Waals surface area contributed by atoms with Crippen LogP contribution >= 0.6 is 11.3 Å². The molecule has 2 aliphatic rings. The molecule has 3 heterocycles. The molecule has 1 aliphatic carbocycles. The number of aromatic nitrogens is 1. The Balaban J connectivity index is 1.57. The van der Waals surface area contributed by atoms with E-state index in [1.165, 1.54) is 36.1 Å². The van der Waals surface area contributed by atoms with Gasteiger partial charge in [0.15, 0.2) is 0 Å². The summed E-state index contributed by atoms with van der Waals surface area (Å²) in [4.78, 5) is 17.4. The molecule has 4 rings (SSSR count). The number of nitrogens with zero attached hydrogens (tertiary/aromatic N) is 2. The summed E-state index contributed by atoms with van der Waals surface area (Å²) in [5, 5.41) is 4.15. The fourth-order valence-corrected chi connectivity index (χ4v) is 5.16. The summed E-state index contributed by atoms with van der Waals surface area (Å²) in [6.45, 7) is 2.72. The molecule has 24 heavy (non-hydrogen) atoms. The molecule has 0 aromatic carbocycles. The Morgan fingerprint density at radius 2 is 2.04 bits per heavy atom. The molecule has 2 aromatic heterocycles. The van der Waals surface area contributed by atoms with Crippen LogP contribution in [-0.4, -0.2) is 22.5 Å². The molecule has 5 heteroatoms. The van der Waals surface area contributed by atoms with E-state index in [0.717, 1.165) is 48.6 Å². The molecule has 1 aliphatic heterocycles. The lowest BCUT2D eigenvalue weighted by Crippen LogP contribution is -2.30. The molecule has 128 valence electrons. The van der Waals surface area contributed by atoms with E-state index < -0.39 is 0 Å². The van der Waals surface area contributed by atoms with Crippen molar-refractivity contribution in [1.29, 1.82) is 0 Å². The summed E-state index contributed by atoms with van der Waals surface area (Å²) in [5.41, 5.74) is 2.31. The van der Waals surface area contributed by atoms with Gasteiger partial charge in [0.25, 0.3) is 5.91 Å². The SMILES string of the molecule is Cc1cc([C@H]2CCCN2C(=O)c2cc3c(s2)CCCCCC3)no1. The van der Waals surface area contributed by atoms with Crippen LogP contribution in [0.3, 0.4) is 0 Å². The third kappa shape index (κ3) is 3.02. The molecule has 1 saturated heterocycles. The third-order valence-electron chi connectivity index (χ3n) is 5.21. The van der Waals surface area contributed by atoms with E-state index in [0.29, 0.717) is 0 Å². The molecule has 1 fully saturated rings. The number of rotatable bonds is 2. The molecule has 1 amide bonds. The smallest absolute Gasteiger partial charge is 0.264 e. The second kappa shape index (κ2) is 6.71. The first-order valence-corrected chi connectivity index (χ1v) is 9.90. The Kier molecular flexibility index (Phi) is 4.44. The van der Waals surface area contributed by atoms with E-state index in [4.69, 9.17) is 4.52 Å². The maximum atomic E-state index is 13.1. The van der Waals surface area contributed by atoms with Crippen LogP contribution in [0.2, 0.25) is 0 Å². The normalized spacial score (nSPS) is 21.4. The Bertz CT molecular complexity index is 708. The second-order valence-electron chi connectivity index (χ2n) is 6.99. The van der Waals surface area contributed by atoms with Crippen LogP contribution in [0.4, 0.5) is 0 Å². The van der Waals surface area contributed by atoms with E-state index in [-0.39, 0.29) is 11.9 Å². The Morgan fingerprint density at radius 3 is 2.83 bits per heavy atom. The molecular weight excluding hydrogens is 320 g/mol. The monoisotopic (exact) mass is 344 g/mol. The minimum Gasteiger partial charge on any atom is -0.361 e. The zero-order valence-corrected chi connectivity index (χ0v) is 15.0. The van der Waals surface area contributed by atoms with Crippen LogP contribution in [0.1, 0.15) is 76.1 Å². The van der Waals surface area contributed by atoms with Gasteiger partial charge in [-0.15, -0.1) is 11.3 Å². The number of carbonyl (C=O) groups is 1. The number of carbonyl (C=O) groups excluding carboxylic acids is 1. The van der Waals surface area contributed by atoms with Gasteiger partial charge in [-0.25, -0.2) is 0 Å². The third-order valence-corrected chi connectivity index (χ3v) is 6.43. The first-order chi connectivity index (χ1) is 11.7. The van der Waals surface area contributed by atoms with E-state index in [2.05, 4.69) is 11.2 Å². The van der Waals surface area contributed by atoms with Gasteiger partial charge >= 0.3 is 0 Å². The summed E-state index contributed by atoms with van der Waals surface area (Å²) in [5.74, 6) is 0.985. The fraction of sp³-hybridized carbons (Fsp3) is 0.579. The van der Waals surface area contributed by atoms with E-state index in [1.807, 2.05) is 17.9 Å². The maximum absolute atomic E-state index is 13.1. The van der Waals surface area contributed by atoms with Gasteiger partial charge in [-0.2, -0.15) is 0 Å². The first kappa shape index (κ1) is 15.9. The number of hydrogen-bond acceptors (Lipinski definition) is 4. The number of thiophene rings is 1. The van der Waals surface area contributed by atoms with Gasteiger partial charge in [-0.1, -0.05) is 18.0 Å². The molecule has 0 bridgehead atoms. The Labute approximate surface area is 146 Å². The van der Waals surface area contributed by atoms with Gasteiger partial charge < -0.3 is 9.42 Å². The van der Waals surface area contributed by atoms with Crippen LogP contribution in [-0.2, 0) is 12.8 Å². The zero-order chi connectivity index (χ0) is 16.5. The van der Waals surface area contributed by atoms with Crippen molar-refractivity contribution in [1.82, 2.24) is 10.1 Å². The standard InChI is InChI=1S/C19H24N2O2S/c1-13-11-15(20-23-13)16-8-6-10-21(16)19(22)18-12-14-7-4-2-3-5-9-17(14)24-18/h11-12,16H,2-10H2,1H3/t16-/m1/s1. The average Bonchev–Trinajstić information content (AvgIpc) is 3.26. The van der Waals surface area contributed by atoms with Crippen LogP contribution in [0.5, 0.6) is 0 Å². The average molecular weight is 344 g/mol. The molecule has 0 saturated carbocycles. The number of aryl methyl sites for hydroxylation is 3. The predicted molar refractivity (Wildman–Crippen MR) is 94.4 cm³/mol. The number of likely N-dealkylation sites (tertiary alicyclic amines) is 1. The zero-order valence-electron chi connectivity index (χ0n) is 14.2. The van der Waals surface area contributed by atoms with Crippen molar-refractivity contribution in [3.63, 3.8) is 0 Å². The highest BCUT2D eigenvalue weighted by atomic mass is 32.1. The molecule has 0 radical (unpaired) electrons. The van der Waals surface area contributed by atoms with Crippen molar-refractivity contribution in [2.24, 2.45) is 0 Å². The maximum Gasteiger partial charge on any atom is 0.264 e. The van der Waals surface area contributed by atoms with Gasteiger partial charge in [0.1, 0.15) is 11.5 Å². The summed E-state index contributed by atoms with van der Waals surface area (Å²) >= 11 is 1.72. The lowest BCUT2D eigenvalue weighted by molar-refractivity contribution is 0.0735. The van der Waals surface area contributed by atoms with Crippen LogP contribution < -0.4 is 0 Å². The molecule has 0 spiro atoms. The largest absolute Gasteiger partial charge is 0.361 e. The van der Waals surface area contributed by atoms with Gasteiger partial charge in [0, 0.05) is 17.5 Å². The summed E-state index contributed by atoms with van der Waals surface area (Å²) < 4.78 is 5.22. The summed E-state index contributed by atoms with van der Waals surface area (Å²) in [6, 6.07) is 4.20. The van der Waals surface area contributed by atoms with Crippen molar-refractivity contribution in [3.8, 4) is 0 Å². The first-order valence-electron chi connectivity index (χ1n) is 9.08. The van der Waals surface area contributed by atoms with Crippen molar-refractivity contribution in [2.45, 2.75) is 64.3 Å². The predicted octanol–water partition coefficient (Wildman–Crippen LogP) is 4.68. The second-order valence-corrected chi connectivity index (χ2v) is 8.13. The van der Waals surface area contributed by atoms with Crippen molar-refractivity contribution in [2.75, 3.05) is 6.54 Å². The highest BCUT2D eigenvalue weighted by Gasteiger charge is 2.33. The lowest BCUT2D eigenvalue weighted by atomic mass is 9.99. The minimum absolute atomic E-state index is 0.0691. The van der Waals surface area contributed by atoms with Gasteiger partial charge in [-0.05, 0) is 57.1 Å². The number of fused-ring (bicyclic) bond motifs is 1. The highest BCUT2D eigenvalue weighted by Crippen LogP contribution is 2.35. The van der Waals surface area contributed by atoms with Gasteiger partial charge in [-0.3, -0.25) is 4.79 Å². The van der Waals surface area contributed by atoms with Crippen molar-refractivity contribution < 1.29 is 9.32 Å².